The molecule has 3 aromatic heterocycles. The standard InChI is InChI=1S/C26H32N6O3/c1-17(18-6-5-9-28-14-18)34-21-12-19(15-29-23(21)27)20-13-22-26(8-11-32(22)30-20)7-10-31(16-26)24(33)35-25(2,3)4/h5-6,9,12-15,17H,7-8,10-11,16H2,1-4H3,(H2,27,29)/t17-,26?/m1/s1. The van der Waals surface area contributed by atoms with Crippen LogP contribution >= 0.6 is 0 Å². The average molecular weight is 477 g/mol. The summed E-state index contributed by atoms with van der Waals surface area (Å²) in [5.41, 5.74) is 9.28. The number of rotatable bonds is 4. The minimum atomic E-state index is -0.506. The largest absolute Gasteiger partial charge is 0.482 e. The van der Waals surface area contributed by atoms with E-state index in [0.29, 0.717) is 24.7 Å². The van der Waals surface area contributed by atoms with E-state index >= 15 is 0 Å². The molecule has 3 aromatic rings. The molecule has 1 spiro atoms. The molecule has 0 radical (unpaired) electrons. The highest BCUT2D eigenvalue weighted by Gasteiger charge is 2.47. The molecule has 2 aliphatic heterocycles. The van der Waals surface area contributed by atoms with Gasteiger partial charge in [-0.2, -0.15) is 5.10 Å². The molecule has 184 valence electrons. The maximum Gasteiger partial charge on any atom is 0.410 e. The van der Waals surface area contributed by atoms with Crippen LogP contribution in [0.5, 0.6) is 5.75 Å². The number of anilines is 1. The quantitative estimate of drug-likeness (QED) is 0.596. The summed E-state index contributed by atoms with van der Waals surface area (Å²) in [6, 6.07) is 7.85. The molecule has 2 aliphatic rings. The first-order valence-corrected chi connectivity index (χ1v) is 12.0. The van der Waals surface area contributed by atoms with Gasteiger partial charge >= 0.3 is 6.09 Å². The molecule has 9 heteroatoms. The maximum absolute atomic E-state index is 12.6. The molecule has 35 heavy (non-hydrogen) atoms. The fraction of sp³-hybridized carbons (Fsp3) is 0.462. The zero-order valence-corrected chi connectivity index (χ0v) is 20.7. The number of pyridine rings is 2. The third-order valence-electron chi connectivity index (χ3n) is 6.77. The zero-order chi connectivity index (χ0) is 24.8. The molecule has 0 aliphatic carbocycles. The van der Waals surface area contributed by atoms with Crippen LogP contribution in [0.25, 0.3) is 11.3 Å². The lowest BCUT2D eigenvalue weighted by Crippen LogP contribution is -2.37. The van der Waals surface area contributed by atoms with Crippen molar-refractivity contribution in [2.24, 2.45) is 0 Å². The van der Waals surface area contributed by atoms with Crippen molar-refractivity contribution in [3.05, 3.63) is 54.1 Å². The van der Waals surface area contributed by atoms with Crippen LogP contribution in [0.4, 0.5) is 10.6 Å². The minimum absolute atomic E-state index is 0.0997. The molecule has 2 atom stereocenters. The van der Waals surface area contributed by atoms with E-state index < -0.39 is 5.60 Å². The zero-order valence-electron chi connectivity index (χ0n) is 20.7. The highest BCUT2D eigenvalue weighted by Crippen LogP contribution is 2.44. The number of carbonyl (C=O) groups excluding carboxylic acids is 1. The van der Waals surface area contributed by atoms with Crippen LogP contribution in [-0.2, 0) is 16.7 Å². The number of aromatic nitrogens is 4. The first-order valence-electron chi connectivity index (χ1n) is 12.0. The van der Waals surface area contributed by atoms with Crippen molar-refractivity contribution >= 4 is 11.9 Å². The Bertz CT molecular complexity index is 1240. The lowest BCUT2D eigenvalue weighted by Gasteiger charge is -2.26. The molecule has 9 nitrogen and oxygen atoms in total. The normalized spacial score (nSPS) is 20.2. The third kappa shape index (κ3) is 4.54. The van der Waals surface area contributed by atoms with E-state index in [0.717, 1.165) is 41.9 Å². The second kappa shape index (κ2) is 8.55. The van der Waals surface area contributed by atoms with Gasteiger partial charge in [-0.25, -0.2) is 9.78 Å². The summed E-state index contributed by atoms with van der Waals surface area (Å²) in [7, 11) is 0. The fourth-order valence-corrected chi connectivity index (χ4v) is 4.94. The third-order valence-corrected chi connectivity index (χ3v) is 6.77. The molecule has 5 heterocycles. The SMILES string of the molecule is C[C@@H](Oc1cc(-c2cc3n(n2)CCC32CCN(C(=O)OC(C)(C)C)C2)cnc1N)c1cccnc1. The van der Waals surface area contributed by atoms with Gasteiger partial charge in [-0.3, -0.25) is 9.67 Å². The molecular weight excluding hydrogens is 444 g/mol. The number of aryl methyl sites for hydroxylation is 1. The molecule has 2 N–H and O–H groups in total. The van der Waals surface area contributed by atoms with E-state index in [1.165, 1.54) is 0 Å². The minimum Gasteiger partial charge on any atom is -0.482 e. The monoisotopic (exact) mass is 476 g/mol. The molecule has 1 amide bonds. The maximum atomic E-state index is 12.6. The van der Waals surface area contributed by atoms with Crippen LogP contribution in [0.1, 0.15) is 57.9 Å². The van der Waals surface area contributed by atoms with Gasteiger partial charge in [0.15, 0.2) is 11.6 Å². The van der Waals surface area contributed by atoms with Crippen molar-refractivity contribution < 1.29 is 14.3 Å². The van der Waals surface area contributed by atoms with Crippen LogP contribution in [-0.4, -0.2) is 49.4 Å². The number of hydrogen-bond acceptors (Lipinski definition) is 7. The molecule has 5 rings (SSSR count). The van der Waals surface area contributed by atoms with E-state index in [1.54, 1.807) is 18.6 Å². The number of amides is 1. The number of ether oxygens (including phenoxy) is 2. The number of nitrogens with two attached hydrogens (primary N) is 1. The first kappa shape index (κ1) is 23.1. The number of nitrogens with zero attached hydrogens (tertiary/aromatic N) is 5. The number of likely N-dealkylation sites (tertiary alicyclic amines) is 1. The Balaban J connectivity index is 1.36. The van der Waals surface area contributed by atoms with E-state index in [9.17, 15) is 4.79 Å². The predicted octanol–water partition coefficient (Wildman–Crippen LogP) is 4.34. The van der Waals surface area contributed by atoms with Crippen LogP contribution in [0, 0.1) is 0 Å². The molecule has 1 unspecified atom stereocenters. The van der Waals surface area contributed by atoms with Gasteiger partial charge in [-0.15, -0.1) is 0 Å². The Kier molecular flexibility index (Phi) is 5.65. The van der Waals surface area contributed by atoms with E-state index in [-0.39, 0.29) is 17.6 Å². The van der Waals surface area contributed by atoms with Gasteiger partial charge in [-0.1, -0.05) is 6.07 Å². The Morgan fingerprint density at radius 2 is 2.00 bits per heavy atom. The van der Waals surface area contributed by atoms with Crippen molar-refractivity contribution in [3.8, 4) is 17.0 Å². The van der Waals surface area contributed by atoms with Gasteiger partial charge < -0.3 is 20.1 Å². The van der Waals surface area contributed by atoms with Crippen molar-refractivity contribution in [3.63, 3.8) is 0 Å². The van der Waals surface area contributed by atoms with Gasteiger partial charge in [0, 0.05) is 60.5 Å². The van der Waals surface area contributed by atoms with Gasteiger partial charge in [0.25, 0.3) is 0 Å². The van der Waals surface area contributed by atoms with Gasteiger partial charge in [0.1, 0.15) is 11.7 Å². The summed E-state index contributed by atoms with van der Waals surface area (Å²) in [4.78, 5) is 23.0. The summed E-state index contributed by atoms with van der Waals surface area (Å²) >= 11 is 0. The van der Waals surface area contributed by atoms with Crippen molar-refractivity contribution in [1.82, 2.24) is 24.6 Å². The lowest BCUT2D eigenvalue weighted by molar-refractivity contribution is 0.0284. The fourth-order valence-electron chi connectivity index (χ4n) is 4.94. The van der Waals surface area contributed by atoms with Gasteiger partial charge in [0.2, 0.25) is 0 Å². The number of fused-ring (bicyclic) bond motifs is 2. The second-order valence-corrected chi connectivity index (χ2v) is 10.5. The van der Waals surface area contributed by atoms with Crippen LogP contribution in [0.3, 0.4) is 0 Å². The number of carbonyl (C=O) groups is 1. The molecular formula is C26H32N6O3. The predicted molar refractivity (Wildman–Crippen MR) is 132 cm³/mol. The second-order valence-electron chi connectivity index (χ2n) is 10.5. The summed E-state index contributed by atoms with van der Waals surface area (Å²) in [5.74, 6) is 0.843. The summed E-state index contributed by atoms with van der Waals surface area (Å²) in [6.45, 7) is 9.78. The summed E-state index contributed by atoms with van der Waals surface area (Å²) < 4.78 is 13.8. The lowest BCUT2D eigenvalue weighted by atomic mass is 9.82. The van der Waals surface area contributed by atoms with Crippen molar-refractivity contribution in [1.29, 1.82) is 0 Å². The number of nitrogen functional groups attached to an aromatic ring is 1. The van der Waals surface area contributed by atoms with Gasteiger partial charge in [0.05, 0.1) is 5.69 Å². The Labute approximate surface area is 205 Å². The van der Waals surface area contributed by atoms with E-state index in [2.05, 4.69) is 20.7 Å². The molecule has 1 saturated heterocycles. The summed E-state index contributed by atoms with van der Waals surface area (Å²) in [5, 5.41) is 4.85. The first-order chi connectivity index (χ1) is 16.6. The Hall–Kier alpha value is -3.62. The topological polar surface area (TPSA) is 108 Å². The number of hydrogen-bond donors (Lipinski definition) is 1. The smallest absolute Gasteiger partial charge is 0.410 e. The van der Waals surface area contributed by atoms with Crippen LogP contribution < -0.4 is 10.5 Å². The van der Waals surface area contributed by atoms with Crippen molar-refractivity contribution in [2.45, 2.75) is 64.2 Å². The van der Waals surface area contributed by atoms with E-state index in [4.69, 9.17) is 20.3 Å². The van der Waals surface area contributed by atoms with E-state index in [1.807, 2.05) is 50.8 Å². The molecule has 0 aromatic carbocycles. The highest BCUT2D eigenvalue weighted by molar-refractivity contribution is 5.69. The summed E-state index contributed by atoms with van der Waals surface area (Å²) in [6.07, 6.45) is 6.62. The van der Waals surface area contributed by atoms with Crippen molar-refractivity contribution in [2.75, 3.05) is 18.8 Å². The van der Waals surface area contributed by atoms with Gasteiger partial charge in [-0.05, 0) is 58.7 Å². The van der Waals surface area contributed by atoms with Crippen LogP contribution in [0.2, 0.25) is 0 Å². The Morgan fingerprint density at radius 3 is 2.74 bits per heavy atom. The Morgan fingerprint density at radius 1 is 1.20 bits per heavy atom. The molecule has 1 fully saturated rings. The average Bonchev–Trinajstić information content (AvgIpc) is 3.52. The molecule has 0 bridgehead atoms. The molecule has 0 saturated carbocycles. The highest BCUT2D eigenvalue weighted by atomic mass is 16.6. The van der Waals surface area contributed by atoms with Crippen LogP contribution in [0.15, 0.2) is 42.9 Å².